The third-order valence-corrected chi connectivity index (χ3v) is 4.49. The fourth-order valence-electron chi connectivity index (χ4n) is 2.87. The van der Waals surface area contributed by atoms with Crippen molar-refractivity contribution in [1.29, 1.82) is 0 Å². The van der Waals surface area contributed by atoms with E-state index in [9.17, 15) is 9.59 Å². The first-order valence-electron chi connectivity index (χ1n) is 9.17. The summed E-state index contributed by atoms with van der Waals surface area (Å²) in [5.41, 5.74) is 0.0786. The summed E-state index contributed by atoms with van der Waals surface area (Å²) in [5, 5.41) is 5.70. The maximum atomic E-state index is 12.8. The predicted octanol–water partition coefficient (Wildman–Crippen LogP) is 3.84. The summed E-state index contributed by atoms with van der Waals surface area (Å²) >= 11 is 0. The van der Waals surface area contributed by atoms with E-state index in [4.69, 9.17) is 9.47 Å². The number of hydrogen-bond donors (Lipinski definition) is 2. The van der Waals surface area contributed by atoms with Gasteiger partial charge >= 0.3 is 0 Å². The van der Waals surface area contributed by atoms with Gasteiger partial charge in [-0.25, -0.2) is 0 Å². The van der Waals surface area contributed by atoms with Crippen molar-refractivity contribution < 1.29 is 19.1 Å². The Morgan fingerprint density at radius 2 is 1.22 bits per heavy atom. The Hall–Kier alpha value is -3.02. The van der Waals surface area contributed by atoms with Gasteiger partial charge in [-0.15, -0.1) is 0 Å². The zero-order chi connectivity index (χ0) is 19.3. The van der Waals surface area contributed by atoms with Crippen LogP contribution in [0.25, 0.3) is 0 Å². The number of anilines is 2. The van der Waals surface area contributed by atoms with Crippen LogP contribution in [0.4, 0.5) is 11.4 Å². The summed E-state index contributed by atoms with van der Waals surface area (Å²) in [6.07, 6.45) is 1.02. The van der Waals surface area contributed by atoms with Crippen LogP contribution in [0, 0.1) is 5.41 Å². The second-order valence-corrected chi connectivity index (χ2v) is 6.35. The van der Waals surface area contributed by atoms with Crippen molar-refractivity contribution in [2.45, 2.75) is 26.7 Å². The third kappa shape index (κ3) is 4.05. The number of amides is 2. The fourth-order valence-corrected chi connectivity index (χ4v) is 2.87. The average molecular weight is 368 g/mol. The number of carbonyl (C=O) groups is 2. The molecule has 0 unspecified atom stereocenters. The third-order valence-electron chi connectivity index (χ3n) is 4.49. The normalized spacial score (nSPS) is 14.1. The predicted molar refractivity (Wildman–Crippen MR) is 104 cm³/mol. The van der Waals surface area contributed by atoms with Crippen molar-refractivity contribution in [1.82, 2.24) is 0 Å². The minimum atomic E-state index is -1.06. The number of hydrogen-bond acceptors (Lipinski definition) is 4. The zero-order valence-electron chi connectivity index (χ0n) is 15.6. The molecule has 3 rings (SSSR count). The molecule has 0 radical (unpaired) electrons. The summed E-state index contributed by atoms with van der Waals surface area (Å²) in [4.78, 5) is 25.7. The SMILES string of the molecule is CCOc1ccccc1NC(=O)C1(C(=O)Nc2ccccc2OCC)CC1. The van der Waals surface area contributed by atoms with Crippen LogP contribution in [0.15, 0.2) is 48.5 Å². The van der Waals surface area contributed by atoms with Gasteiger partial charge in [-0.2, -0.15) is 0 Å². The summed E-state index contributed by atoms with van der Waals surface area (Å²) in [6, 6.07) is 14.4. The molecule has 0 aliphatic heterocycles. The maximum absolute atomic E-state index is 12.8. The quantitative estimate of drug-likeness (QED) is 0.694. The molecule has 2 N–H and O–H groups in total. The van der Waals surface area contributed by atoms with Gasteiger partial charge in [0.2, 0.25) is 11.8 Å². The van der Waals surface area contributed by atoms with Crippen molar-refractivity contribution in [3.63, 3.8) is 0 Å². The molecule has 6 nitrogen and oxygen atoms in total. The number of benzene rings is 2. The molecule has 6 heteroatoms. The molecule has 142 valence electrons. The number of carbonyl (C=O) groups excluding carboxylic acids is 2. The number of ether oxygens (including phenoxy) is 2. The van der Waals surface area contributed by atoms with E-state index >= 15 is 0 Å². The summed E-state index contributed by atoms with van der Waals surface area (Å²) in [6.45, 7) is 4.74. The molecule has 0 aromatic heterocycles. The van der Waals surface area contributed by atoms with E-state index in [0.29, 0.717) is 48.9 Å². The average Bonchev–Trinajstić information content (AvgIpc) is 3.47. The Bertz CT molecular complexity index is 765. The maximum Gasteiger partial charge on any atom is 0.240 e. The minimum Gasteiger partial charge on any atom is -0.492 e. The molecule has 1 aliphatic carbocycles. The van der Waals surface area contributed by atoms with Crippen LogP contribution in [-0.2, 0) is 9.59 Å². The zero-order valence-corrected chi connectivity index (χ0v) is 15.6. The van der Waals surface area contributed by atoms with Gasteiger partial charge in [0.05, 0.1) is 24.6 Å². The van der Waals surface area contributed by atoms with Gasteiger partial charge in [0.25, 0.3) is 0 Å². The van der Waals surface area contributed by atoms with Crippen LogP contribution in [-0.4, -0.2) is 25.0 Å². The molecule has 0 saturated heterocycles. The lowest BCUT2D eigenvalue weighted by atomic mass is 10.0. The molecule has 0 heterocycles. The lowest BCUT2D eigenvalue weighted by molar-refractivity contribution is -0.131. The lowest BCUT2D eigenvalue weighted by Crippen LogP contribution is -2.35. The van der Waals surface area contributed by atoms with Crippen molar-refractivity contribution in [2.24, 2.45) is 5.41 Å². The molecule has 1 fully saturated rings. The second-order valence-electron chi connectivity index (χ2n) is 6.35. The van der Waals surface area contributed by atoms with Gasteiger partial charge in [0, 0.05) is 0 Å². The first kappa shape index (κ1) is 18.8. The summed E-state index contributed by atoms with van der Waals surface area (Å²) in [7, 11) is 0. The molecule has 2 aromatic rings. The van der Waals surface area contributed by atoms with E-state index in [0.717, 1.165) is 0 Å². The summed E-state index contributed by atoms with van der Waals surface area (Å²) < 4.78 is 11.1. The highest BCUT2D eigenvalue weighted by Gasteiger charge is 2.56. The fraction of sp³-hybridized carbons (Fsp3) is 0.333. The van der Waals surface area contributed by atoms with E-state index in [1.54, 1.807) is 24.3 Å². The van der Waals surface area contributed by atoms with E-state index in [-0.39, 0.29) is 11.8 Å². The molecule has 0 atom stereocenters. The Kier molecular flexibility index (Phi) is 5.64. The van der Waals surface area contributed by atoms with Crippen LogP contribution >= 0.6 is 0 Å². The molecule has 0 bridgehead atoms. The highest BCUT2D eigenvalue weighted by atomic mass is 16.5. The Balaban J connectivity index is 1.73. The largest absolute Gasteiger partial charge is 0.492 e. The van der Waals surface area contributed by atoms with Crippen LogP contribution in [0.5, 0.6) is 11.5 Å². The van der Waals surface area contributed by atoms with E-state index in [2.05, 4.69) is 10.6 Å². The van der Waals surface area contributed by atoms with Gasteiger partial charge in [-0.05, 0) is 51.0 Å². The first-order chi connectivity index (χ1) is 13.1. The number of para-hydroxylation sites is 4. The van der Waals surface area contributed by atoms with E-state index in [1.807, 2.05) is 38.1 Å². The van der Waals surface area contributed by atoms with Crippen molar-refractivity contribution in [2.75, 3.05) is 23.8 Å². The number of nitrogens with one attached hydrogen (secondary N) is 2. The van der Waals surface area contributed by atoms with Gasteiger partial charge in [0.1, 0.15) is 16.9 Å². The van der Waals surface area contributed by atoms with Crippen LogP contribution in [0.3, 0.4) is 0 Å². The smallest absolute Gasteiger partial charge is 0.240 e. The van der Waals surface area contributed by atoms with Crippen LogP contribution < -0.4 is 20.1 Å². The number of rotatable bonds is 8. The van der Waals surface area contributed by atoms with E-state index in [1.165, 1.54) is 0 Å². The highest BCUT2D eigenvalue weighted by Crippen LogP contribution is 2.48. The molecule has 2 amide bonds. The molecule has 1 aliphatic rings. The lowest BCUT2D eigenvalue weighted by Gasteiger charge is -2.18. The Morgan fingerprint density at radius 1 is 0.815 bits per heavy atom. The molecule has 27 heavy (non-hydrogen) atoms. The second kappa shape index (κ2) is 8.12. The molecule has 2 aromatic carbocycles. The van der Waals surface area contributed by atoms with Gasteiger partial charge in [-0.1, -0.05) is 24.3 Å². The molecular formula is C21H24N2O4. The molecule has 1 saturated carbocycles. The monoisotopic (exact) mass is 368 g/mol. The standard InChI is InChI=1S/C21H24N2O4/c1-3-26-17-11-7-5-9-15(17)22-19(24)21(13-14-21)20(25)23-16-10-6-8-12-18(16)27-4-2/h5-12H,3-4,13-14H2,1-2H3,(H,22,24)(H,23,25). The van der Waals surface area contributed by atoms with E-state index < -0.39 is 5.41 Å². The minimum absolute atomic E-state index is 0.318. The summed E-state index contributed by atoms with van der Waals surface area (Å²) in [5.74, 6) is 0.541. The van der Waals surface area contributed by atoms with Crippen molar-refractivity contribution in [3.05, 3.63) is 48.5 Å². The Morgan fingerprint density at radius 3 is 1.59 bits per heavy atom. The van der Waals surface area contributed by atoms with Gasteiger partial charge < -0.3 is 20.1 Å². The topological polar surface area (TPSA) is 76.7 Å². The van der Waals surface area contributed by atoms with Crippen molar-refractivity contribution in [3.8, 4) is 11.5 Å². The first-order valence-corrected chi connectivity index (χ1v) is 9.17. The van der Waals surface area contributed by atoms with Gasteiger partial charge in [0.15, 0.2) is 0 Å². The van der Waals surface area contributed by atoms with Crippen LogP contribution in [0.1, 0.15) is 26.7 Å². The van der Waals surface area contributed by atoms with Crippen molar-refractivity contribution >= 4 is 23.2 Å². The molecular weight excluding hydrogens is 344 g/mol. The Labute approximate surface area is 158 Å². The highest BCUT2D eigenvalue weighted by molar-refractivity contribution is 6.17. The molecule has 0 spiro atoms. The van der Waals surface area contributed by atoms with Gasteiger partial charge in [-0.3, -0.25) is 9.59 Å². The van der Waals surface area contributed by atoms with Crippen LogP contribution in [0.2, 0.25) is 0 Å².